The first-order valence-electron chi connectivity index (χ1n) is 7.59. The van der Waals surface area contributed by atoms with Gasteiger partial charge in [0.05, 0.1) is 6.26 Å². The average molecular weight is 310 g/mol. The summed E-state index contributed by atoms with van der Waals surface area (Å²) in [5.41, 5.74) is 0.0232. The molecule has 2 N–H and O–H groups in total. The molecule has 3 rings (SSSR count). The van der Waals surface area contributed by atoms with Gasteiger partial charge in [0.15, 0.2) is 0 Å². The van der Waals surface area contributed by atoms with Crippen LogP contribution in [-0.4, -0.2) is 16.9 Å². The van der Waals surface area contributed by atoms with Crippen LogP contribution < -0.4 is 10.9 Å². The Bertz CT molecular complexity index is 865. The summed E-state index contributed by atoms with van der Waals surface area (Å²) in [5.74, 6) is 0.616. The van der Waals surface area contributed by atoms with Crippen LogP contribution in [0, 0.1) is 0 Å². The lowest BCUT2D eigenvalue weighted by Gasteiger charge is -2.13. The number of hydrogen-bond donors (Lipinski definition) is 2. The molecule has 0 aliphatic rings. The Labute approximate surface area is 133 Å². The van der Waals surface area contributed by atoms with Crippen molar-refractivity contribution in [3.05, 3.63) is 70.5 Å². The highest BCUT2D eigenvalue weighted by molar-refractivity contribution is 5.96. The van der Waals surface area contributed by atoms with Crippen molar-refractivity contribution in [1.29, 1.82) is 0 Å². The van der Waals surface area contributed by atoms with Crippen LogP contribution in [0.3, 0.4) is 0 Å². The van der Waals surface area contributed by atoms with Crippen molar-refractivity contribution in [3.8, 4) is 0 Å². The molecule has 1 amide bonds. The molecule has 1 atom stereocenters. The van der Waals surface area contributed by atoms with Crippen LogP contribution >= 0.6 is 0 Å². The van der Waals surface area contributed by atoms with E-state index in [1.165, 1.54) is 0 Å². The van der Waals surface area contributed by atoms with E-state index >= 15 is 0 Å². The largest absolute Gasteiger partial charge is 0.469 e. The number of furan rings is 1. The lowest BCUT2D eigenvalue weighted by Crippen LogP contribution is -2.34. The number of fused-ring (bicyclic) bond motifs is 1. The maximum atomic E-state index is 12.3. The molecular weight excluding hydrogens is 292 g/mol. The summed E-state index contributed by atoms with van der Waals surface area (Å²) in [7, 11) is 0. The zero-order valence-corrected chi connectivity index (χ0v) is 12.8. The average Bonchev–Trinajstić information content (AvgIpc) is 3.06. The van der Waals surface area contributed by atoms with E-state index in [1.54, 1.807) is 24.5 Å². The second kappa shape index (κ2) is 6.52. The van der Waals surface area contributed by atoms with Gasteiger partial charge in [-0.05, 0) is 43.0 Å². The second-order valence-electron chi connectivity index (χ2n) is 5.59. The van der Waals surface area contributed by atoms with Gasteiger partial charge in [0.25, 0.3) is 11.5 Å². The monoisotopic (exact) mass is 310 g/mol. The number of aromatic amines is 1. The first-order chi connectivity index (χ1) is 11.1. The Morgan fingerprint density at radius 2 is 2.09 bits per heavy atom. The van der Waals surface area contributed by atoms with E-state index in [0.29, 0.717) is 5.39 Å². The molecule has 0 fully saturated rings. The van der Waals surface area contributed by atoms with Crippen molar-refractivity contribution in [3.63, 3.8) is 0 Å². The smallest absolute Gasteiger partial charge is 0.268 e. The summed E-state index contributed by atoms with van der Waals surface area (Å²) in [6.45, 7) is 1.93. The molecular formula is C18H18N2O3. The summed E-state index contributed by atoms with van der Waals surface area (Å²) in [6, 6.07) is 12.6. The number of pyridine rings is 1. The molecule has 0 unspecified atom stereocenters. The second-order valence-corrected chi connectivity index (χ2v) is 5.59. The van der Waals surface area contributed by atoms with E-state index in [-0.39, 0.29) is 23.2 Å². The molecule has 2 aromatic heterocycles. The molecule has 0 saturated heterocycles. The molecule has 23 heavy (non-hydrogen) atoms. The molecule has 5 nitrogen and oxygen atoms in total. The lowest BCUT2D eigenvalue weighted by atomic mass is 10.1. The normalized spacial score (nSPS) is 12.2. The first-order valence-corrected chi connectivity index (χ1v) is 7.59. The minimum absolute atomic E-state index is 0.0254. The van der Waals surface area contributed by atoms with Crippen molar-refractivity contribution >= 4 is 16.7 Å². The Balaban J connectivity index is 1.69. The number of carbonyl (C=O) groups is 1. The van der Waals surface area contributed by atoms with Crippen LogP contribution in [0.15, 0.2) is 57.9 Å². The standard InChI is InChI=1S/C18H18N2O3/c1-12(8-9-14-6-4-10-23-14)19-18(22)16-11-13-5-2-3-7-15(13)17(21)20-16/h2-7,10-12H,8-9H2,1H3,(H,19,22)(H,20,21)/t12-/m1/s1. The maximum Gasteiger partial charge on any atom is 0.268 e. The van der Waals surface area contributed by atoms with Crippen LogP contribution in [0.1, 0.15) is 29.6 Å². The van der Waals surface area contributed by atoms with E-state index in [4.69, 9.17) is 4.42 Å². The Morgan fingerprint density at radius 3 is 2.87 bits per heavy atom. The number of hydrogen-bond acceptors (Lipinski definition) is 3. The first kappa shape index (κ1) is 15.1. The van der Waals surface area contributed by atoms with Gasteiger partial charge in [-0.25, -0.2) is 0 Å². The predicted molar refractivity (Wildman–Crippen MR) is 88.5 cm³/mol. The topological polar surface area (TPSA) is 75.1 Å². The highest BCUT2D eigenvalue weighted by atomic mass is 16.3. The zero-order valence-electron chi connectivity index (χ0n) is 12.8. The van der Waals surface area contributed by atoms with Gasteiger partial charge in [-0.2, -0.15) is 0 Å². The lowest BCUT2D eigenvalue weighted by molar-refractivity contribution is 0.0933. The fraction of sp³-hybridized carbons (Fsp3) is 0.222. The molecule has 0 aliphatic heterocycles. The van der Waals surface area contributed by atoms with Crippen molar-refractivity contribution in [2.45, 2.75) is 25.8 Å². The van der Waals surface area contributed by atoms with E-state index in [1.807, 2.05) is 31.2 Å². The summed E-state index contributed by atoms with van der Waals surface area (Å²) in [4.78, 5) is 27.0. The number of aryl methyl sites for hydroxylation is 1. The molecule has 0 aliphatic carbocycles. The van der Waals surface area contributed by atoms with Gasteiger partial charge in [0.1, 0.15) is 11.5 Å². The third kappa shape index (κ3) is 3.51. The van der Waals surface area contributed by atoms with Gasteiger partial charge >= 0.3 is 0 Å². The number of aromatic nitrogens is 1. The van der Waals surface area contributed by atoms with Crippen LogP contribution in [0.4, 0.5) is 0 Å². The minimum Gasteiger partial charge on any atom is -0.469 e. The van der Waals surface area contributed by atoms with Crippen molar-refractivity contribution in [2.75, 3.05) is 0 Å². The van der Waals surface area contributed by atoms with Crippen molar-refractivity contribution < 1.29 is 9.21 Å². The summed E-state index contributed by atoms with van der Waals surface area (Å²) in [5, 5.41) is 4.23. The third-order valence-electron chi connectivity index (χ3n) is 3.78. The zero-order chi connectivity index (χ0) is 16.2. The summed E-state index contributed by atoms with van der Waals surface area (Å²) in [6.07, 6.45) is 3.15. The van der Waals surface area contributed by atoms with Crippen molar-refractivity contribution in [2.24, 2.45) is 0 Å². The SMILES string of the molecule is C[C@H](CCc1ccco1)NC(=O)c1cc2ccccc2c(=O)[nH]1. The number of carbonyl (C=O) groups excluding carboxylic acids is 1. The minimum atomic E-state index is -0.278. The van der Waals surface area contributed by atoms with Gasteiger partial charge < -0.3 is 14.7 Å². The molecule has 5 heteroatoms. The van der Waals surface area contributed by atoms with E-state index in [9.17, 15) is 9.59 Å². The van der Waals surface area contributed by atoms with Crippen LogP contribution in [-0.2, 0) is 6.42 Å². The fourth-order valence-corrected chi connectivity index (χ4v) is 2.52. The van der Waals surface area contributed by atoms with Gasteiger partial charge in [-0.15, -0.1) is 0 Å². The summed E-state index contributed by atoms with van der Waals surface area (Å²) < 4.78 is 5.28. The quantitative estimate of drug-likeness (QED) is 0.761. The van der Waals surface area contributed by atoms with Gasteiger partial charge in [-0.3, -0.25) is 9.59 Å². The van der Waals surface area contributed by atoms with Crippen molar-refractivity contribution in [1.82, 2.24) is 10.3 Å². The number of nitrogens with one attached hydrogen (secondary N) is 2. The Hall–Kier alpha value is -2.82. The Kier molecular flexibility index (Phi) is 4.28. The van der Waals surface area contributed by atoms with Gasteiger partial charge in [0, 0.05) is 17.8 Å². The highest BCUT2D eigenvalue weighted by Crippen LogP contribution is 2.10. The van der Waals surface area contributed by atoms with Gasteiger partial charge in [-0.1, -0.05) is 18.2 Å². The van der Waals surface area contributed by atoms with Crippen LogP contribution in [0.5, 0.6) is 0 Å². The van der Waals surface area contributed by atoms with E-state index < -0.39 is 0 Å². The number of amides is 1. The van der Waals surface area contributed by atoms with E-state index in [2.05, 4.69) is 10.3 Å². The van der Waals surface area contributed by atoms with Crippen LogP contribution in [0.2, 0.25) is 0 Å². The third-order valence-corrected chi connectivity index (χ3v) is 3.78. The highest BCUT2D eigenvalue weighted by Gasteiger charge is 2.12. The molecule has 0 bridgehead atoms. The number of H-pyrrole nitrogens is 1. The fourth-order valence-electron chi connectivity index (χ4n) is 2.52. The molecule has 1 aromatic carbocycles. The maximum absolute atomic E-state index is 12.3. The summed E-state index contributed by atoms with van der Waals surface area (Å²) >= 11 is 0. The molecule has 118 valence electrons. The Morgan fingerprint density at radius 1 is 1.26 bits per heavy atom. The molecule has 0 saturated carbocycles. The van der Waals surface area contributed by atoms with Gasteiger partial charge in [0.2, 0.25) is 0 Å². The van der Waals surface area contributed by atoms with Crippen LogP contribution in [0.25, 0.3) is 10.8 Å². The van der Waals surface area contributed by atoms with E-state index in [0.717, 1.165) is 24.0 Å². The predicted octanol–water partition coefficient (Wildman–Crippen LogP) is 2.87. The molecule has 3 aromatic rings. The molecule has 0 spiro atoms. The molecule has 0 radical (unpaired) electrons. The molecule has 2 heterocycles. The number of benzene rings is 1. The number of rotatable bonds is 5.